The van der Waals surface area contributed by atoms with Crippen molar-refractivity contribution in [1.29, 1.82) is 0 Å². The maximum Gasteiger partial charge on any atom is 0.335 e. The van der Waals surface area contributed by atoms with Crippen LogP contribution in [0.1, 0.15) is 42.6 Å². The number of piperidine rings is 1. The van der Waals surface area contributed by atoms with Crippen molar-refractivity contribution in [1.82, 2.24) is 4.31 Å². The van der Waals surface area contributed by atoms with Gasteiger partial charge in [0, 0.05) is 13.1 Å². The molecule has 1 aromatic rings. The van der Waals surface area contributed by atoms with Crippen LogP contribution in [0.5, 0.6) is 0 Å². The molecule has 0 radical (unpaired) electrons. The average Bonchev–Trinajstić information content (AvgIpc) is 2.38. The summed E-state index contributed by atoms with van der Waals surface area (Å²) in [6.45, 7) is 5.42. The van der Waals surface area contributed by atoms with Crippen molar-refractivity contribution in [3.05, 3.63) is 35.4 Å². The normalized spacial score (nSPS) is 19.3. The van der Waals surface area contributed by atoms with Crippen molar-refractivity contribution in [2.75, 3.05) is 13.1 Å². The molecule has 1 saturated heterocycles. The average molecular weight is 311 g/mol. The van der Waals surface area contributed by atoms with E-state index in [4.69, 9.17) is 5.11 Å². The lowest BCUT2D eigenvalue weighted by Gasteiger charge is -2.36. The maximum atomic E-state index is 12.4. The van der Waals surface area contributed by atoms with E-state index in [0.717, 1.165) is 12.8 Å². The monoisotopic (exact) mass is 311 g/mol. The van der Waals surface area contributed by atoms with Crippen molar-refractivity contribution in [3.8, 4) is 0 Å². The maximum absolute atomic E-state index is 12.4. The summed E-state index contributed by atoms with van der Waals surface area (Å²) >= 11 is 0. The number of hydrogen-bond donors (Lipinski definition) is 1. The summed E-state index contributed by atoms with van der Waals surface area (Å²) in [6, 6.07) is 6.00. The SMILES string of the molecule is CC1(C)CCN(S(=O)(=O)Cc2ccc(C(=O)O)cc2)CC1. The zero-order valence-electron chi connectivity index (χ0n) is 12.4. The van der Waals surface area contributed by atoms with Crippen molar-refractivity contribution in [2.45, 2.75) is 32.4 Å². The van der Waals surface area contributed by atoms with Crippen molar-refractivity contribution < 1.29 is 18.3 Å². The van der Waals surface area contributed by atoms with Gasteiger partial charge >= 0.3 is 5.97 Å². The third kappa shape index (κ3) is 4.04. The number of benzene rings is 1. The molecule has 5 nitrogen and oxygen atoms in total. The molecule has 1 heterocycles. The Labute approximate surface area is 125 Å². The third-order valence-electron chi connectivity index (χ3n) is 4.02. The van der Waals surface area contributed by atoms with Gasteiger partial charge in [-0.05, 0) is 36.0 Å². The molecule has 2 rings (SSSR count). The van der Waals surface area contributed by atoms with Crippen LogP contribution in [0.4, 0.5) is 0 Å². The molecule has 0 saturated carbocycles. The molecule has 21 heavy (non-hydrogen) atoms. The van der Waals surface area contributed by atoms with E-state index in [1.165, 1.54) is 12.1 Å². The number of sulfonamides is 1. The minimum Gasteiger partial charge on any atom is -0.478 e. The van der Waals surface area contributed by atoms with E-state index in [9.17, 15) is 13.2 Å². The summed E-state index contributed by atoms with van der Waals surface area (Å²) in [6.07, 6.45) is 1.73. The van der Waals surface area contributed by atoms with E-state index in [-0.39, 0.29) is 16.7 Å². The zero-order valence-corrected chi connectivity index (χ0v) is 13.2. The smallest absolute Gasteiger partial charge is 0.335 e. The van der Waals surface area contributed by atoms with Crippen LogP contribution >= 0.6 is 0 Å². The van der Waals surface area contributed by atoms with Gasteiger partial charge in [0.05, 0.1) is 11.3 Å². The molecular formula is C15H21NO4S. The Morgan fingerprint density at radius 1 is 1.19 bits per heavy atom. The molecule has 0 bridgehead atoms. The van der Waals surface area contributed by atoms with Crippen molar-refractivity contribution in [3.63, 3.8) is 0 Å². The van der Waals surface area contributed by atoms with Crippen LogP contribution in [-0.2, 0) is 15.8 Å². The first-order valence-electron chi connectivity index (χ1n) is 7.00. The molecule has 6 heteroatoms. The standard InChI is InChI=1S/C15H21NO4S/c1-15(2)7-9-16(10-8-15)21(19,20)11-12-3-5-13(6-4-12)14(17)18/h3-6H,7-11H2,1-2H3,(H,17,18). The summed E-state index contributed by atoms with van der Waals surface area (Å²) in [7, 11) is -3.33. The van der Waals surface area contributed by atoms with Gasteiger partial charge in [0.1, 0.15) is 0 Å². The Kier molecular flexibility index (Phi) is 4.39. The van der Waals surface area contributed by atoms with E-state index in [2.05, 4.69) is 13.8 Å². The number of carboxylic acids is 1. The Bertz CT molecular complexity index is 610. The predicted octanol–water partition coefficient (Wildman–Crippen LogP) is 2.34. The van der Waals surface area contributed by atoms with Gasteiger partial charge in [-0.15, -0.1) is 0 Å². The summed E-state index contributed by atoms with van der Waals surface area (Å²) in [5, 5.41) is 8.83. The summed E-state index contributed by atoms with van der Waals surface area (Å²) < 4.78 is 26.3. The second kappa shape index (κ2) is 5.77. The lowest BCUT2D eigenvalue weighted by atomic mass is 9.83. The summed E-state index contributed by atoms with van der Waals surface area (Å²) in [5.74, 6) is -1.09. The molecule has 0 amide bonds. The fraction of sp³-hybridized carbons (Fsp3) is 0.533. The highest BCUT2D eigenvalue weighted by atomic mass is 32.2. The molecule has 0 unspecified atom stereocenters. The number of carboxylic acid groups (broad SMARTS) is 1. The lowest BCUT2D eigenvalue weighted by Crippen LogP contribution is -2.41. The lowest BCUT2D eigenvalue weighted by molar-refractivity contribution is 0.0697. The van der Waals surface area contributed by atoms with E-state index in [1.807, 2.05) is 0 Å². The molecule has 0 aliphatic carbocycles. The highest BCUT2D eigenvalue weighted by Gasteiger charge is 2.31. The van der Waals surface area contributed by atoms with Crippen LogP contribution in [0.25, 0.3) is 0 Å². The van der Waals surface area contributed by atoms with Gasteiger partial charge in [0.25, 0.3) is 0 Å². The van der Waals surface area contributed by atoms with Gasteiger partial charge in [-0.25, -0.2) is 17.5 Å². The van der Waals surface area contributed by atoms with E-state index < -0.39 is 16.0 Å². The Morgan fingerprint density at radius 3 is 2.19 bits per heavy atom. The fourth-order valence-corrected chi connectivity index (χ4v) is 3.95. The van der Waals surface area contributed by atoms with Gasteiger partial charge < -0.3 is 5.11 Å². The van der Waals surface area contributed by atoms with Crippen molar-refractivity contribution >= 4 is 16.0 Å². The van der Waals surface area contributed by atoms with Crippen LogP contribution in [0.15, 0.2) is 24.3 Å². The van der Waals surface area contributed by atoms with Crippen LogP contribution in [0, 0.1) is 5.41 Å². The molecule has 0 aromatic heterocycles. The fourth-order valence-electron chi connectivity index (χ4n) is 2.42. The van der Waals surface area contributed by atoms with Crippen molar-refractivity contribution in [2.24, 2.45) is 5.41 Å². The number of rotatable bonds is 4. The minimum absolute atomic E-state index is 0.0761. The second-order valence-corrected chi connectivity index (χ2v) is 8.29. The molecular weight excluding hydrogens is 290 g/mol. The topological polar surface area (TPSA) is 74.7 Å². The number of hydrogen-bond acceptors (Lipinski definition) is 3. The quantitative estimate of drug-likeness (QED) is 0.926. The summed E-state index contributed by atoms with van der Waals surface area (Å²) in [4.78, 5) is 10.8. The van der Waals surface area contributed by atoms with Crippen LogP contribution in [0.2, 0.25) is 0 Å². The molecule has 0 atom stereocenters. The number of aromatic carboxylic acids is 1. The Hall–Kier alpha value is -1.40. The highest BCUT2D eigenvalue weighted by Crippen LogP contribution is 2.31. The Morgan fingerprint density at radius 2 is 1.71 bits per heavy atom. The van der Waals surface area contributed by atoms with Crippen LogP contribution in [0.3, 0.4) is 0 Å². The first-order valence-corrected chi connectivity index (χ1v) is 8.61. The number of nitrogens with zero attached hydrogens (tertiary/aromatic N) is 1. The molecule has 1 aromatic carbocycles. The second-order valence-electron chi connectivity index (χ2n) is 6.32. The van der Waals surface area contributed by atoms with Gasteiger partial charge in [-0.2, -0.15) is 0 Å². The minimum atomic E-state index is -3.33. The molecule has 1 aliphatic rings. The van der Waals surface area contributed by atoms with E-state index in [0.29, 0.717) is 18.7 Å². The predicted molar refractivity (Wildman–Crippen MR) is 80.6 cm³/mol. The third-order valence-corrected chi connectivity index (χ3v) is 5.87. The van der Waals surface area contributed by atoms with E-state index in [1.54, 1.807) is 16.4 Å². The van der Waals surface area contributed by atoms with Crippen LogP contribution in [-0.4, -0.2) is 36.9 Å². The van der Waals surface area contributed by atoms with Crippen LogP contribution < -0.4 is 0 Å². The van der Waals surface area contributed by atoms with E-state index >= 15 is 0 Å². The first-order chi connectivity index (χ1) is 9.70. The molecule has 1 N–H and O–H groups in total. The largest absolute Gasteiger partial charge is 0.478 e. The molecule has 116 valence electrons. The molecule has 1 fully saturated rings. The molecule has 1 aliphatic heterocycles. The van der Waals surface area contributed by atoms with Gasteiger partial charge in [-0.1, -0.05) is 26.0 Å². The van der Waals surface area contributed by atoms with Gasteiger partial charge in [0.15, 0.2) is 0 Å². The summed E-state index contributed by atoms with van der Waals surface area (Å²) in [5.41, 5.74) is 0.982. The van der Waals surface area contributed by atoms with Gasteiger partial charge in [-0.3, -0.25) is 0 Å². The zero-order chi connectivity index (χ0) is 15.7. The van der Waals surface area contributed by atoms with Gasteiger partial charge in [0.2, 0.25) is 10.0 Å². The highest BCUT2D eigenvalue weighted by molar-refractivity contribution is 7.88. The Balaban J connectivity index is 2.06. The number of carbonyl (C=O) groups is 1. The molecule has 0 spiro atoms. The first kappa shape index (κ1) is 16.0.